The van der Waals surface area contributed by atoms with Crippen LogP contribution in [0.1, 0.15) is 42.0 Å². The molecule has 0 N–H and O–H groups in total. The largest absolute Gasteiger partial charge is 0.423 e. The monoisotopic (exact) mass is 412 g/mol. The summed E-state index contributed by atoms with van der Waals surface area (Å²) in [6.45, 7) is 8.39. The van der Waals surface area contributed by atoms with Gasteiger partial charge in [-0.25, -0.2) is 4.79 Å². The molecule has 0 radical (unpaired) electrons. The van der Waals surface area contributed by atoms with E-state index in [-0.39, 0.29) is 5.63 Å². The molecule has 0 amide bonds. The first kappa shape index (κ1) is 19.0. The van der Waals surface area contributed by atoms with Crippen LogP contribution in [0.4, 0.5) is 0 Å². The third-order valence-corrected chi connectivity index (χ3v) is 6.52. The van der Waals surface area contributed by atoms with Crippen molar-refractivity contribution in [3.63, 3.8) is 0 Å². The predicted molar refractivity (Wildman–Crippen MR) is 113 cm³/mol. The molecule has 0 bridgehead atoms. The Morgan fingerprint density at radius 3 is 2.64 bits per heavy atom. The van der Waals surface area contributed by atoms with Crippen molar-refractivity contribution in [3.8, 4) is 10.8 Å². The van der Waals surface area contributed by atoms with Crippen LogP contribution >= 0.6 is 23.1 Å². The normalized spacial score (nSPS) is 11.6. The quantitative estimate of drug-likeness (QED) is 0.299. The lowest BCUT2D eigenvalue weighted by molar-refractivity contribution is 0.466. The van der Waals surface area contributed by atoms with Gasteiger partial charge >= 0.3 is 5.63 Å². The van der Waals surface area contributed by atoms with Gasteiger partial charge in [-0.1, -0.05) is 25.6 Å². The smallest absolute Gasteiger partial charge is 0.336 e. The average Bonchev–Trinajstić information content (AvgIpc) is 3.27. The van der Waals surface area contributed by atoms with E-state index in [0.717, 1.165) is 27.0 Å². The molecule has 0 saturated heterocycles. The number of aromatic nitrogens is 2. The minimum absolute atomic E-state index is 0.347. The summed E-state index contributed by atoms with van der Waals surface area (Å²) in [5, 5.41) is 11.7. The Kier molecular flexibility index (Phi) is 5.12. The second-order valence-corrected chi connectivity index (χ2v) is 8.89. The first-order valence-corrected chi connectivity index (χ1v) is 10.9. The van der Waals surface area contributed by atoms with Crippen LogP contribution in [0.5, 0.6) is 0 Å². The van der Waals surface area contributed by atoms with Gasteiger partial charge < -0.3 is 8.83 Å². The van der Waals surface area contributed by atoms with Crippen molar-refractivity contribution in [1.82, 2.24) is 10.2 Å². The molecule has 0 atom stereocenters. The Balaban J connectivity index is 1.65. The molecule has 3 heterocycles. The fourth-order valence-corrected chi connectivity index (χ4v) is 4.82. The number of fused-ring (bicyclic) bond motifs is 1. The topological polar surface area (TPSA) is 69.1 Å². The number of hydrogen-bond donors (Lipinski definition) is 0. The molecule has 7 heteroatoms. The maximum absolute atomic E-state index is 12.0. The Hall–Kier alpha value is -2.38. The molecule has 1 aromatic carbocycles. The van der Waals surface area contributed by atoms with Crippen molar-refractivity contribution < 1.29 is 8.83 Å². The first-order chi connectivity index (χ1) is 13.4. The lowest BCUT2D eigenvalue weighted by Gasteiger charge is -2.12. The van der Waals surface area contributed by atoms with Gasteiger partial charge in [-0.3, -0.25) is 0 Å². The number of rotatable bonds is 5. The summed E-state index contributed by atoms with van der Waals surface area (Å²) in [6, 6.07) is 7.66. The van der Waals surface area contributed by atoms with E-state index >= 15 is 0 Å². The first-order valence-electron chi connectivity index (χ1n) is 9.00. The van der Waals surface area contributed by atoms with E-state index in [4.69, 9.17) is 8.83 Å². The molecule has 3 aromatic heterocycles. The molecule has 0 aliphatic rings. The molecule has 5 nitrogen and oxygen atoms in total. The van der Waals surface area contributed by atoms with Gasteiger partial charge in [0.2, 0.25) is 0 Å². The third kappa shape index (κ3) is 3.64. The van der Waals surface area contributed by atoms with E-state index in [1.165, 1.54) is 17.3 Å². The van der Waals surface area contributed by atoms with Crippen LogP contribution in [-0.4, -0.2) is 10.2 Å². The van der Waals surface area contributed by atoms with Crippen LogP contribution < -0.4 is 5.63 Å². The predicted octanol–water partition coefficient (Wildman–Crippen LogP) is 5.94. The molecule has 0 aliphatic heterocycles. The summed E-state index contributed by atoms with van der Waals surface area (Å²) >= 11 is 3.00. The van der Waals surface area contributed by atoms with Gasteiger partial charge in [-0.15, -0.1) is 21.5 Å². The number of thiophene rings is 1. The molecule has 0 unspecified atom stereocenters. The van der Waals surface area contributed by atoms with Crippen LogP contribution in [-0.2, 0) is 5.75 Å². The number of thioether (sulfide) groups is 1. The van der Waals surface area contributed by atoms with Crippen molar-refractivity contribution >= 4 is 34.1 Å². The van der Waals surface area contributed by atoms with Crippen LogP contribution in [0.3, 0.4) is 0 Å². The molecule has 4 aromatic rings. The summed E-state index contributed by atoms with van der Waals surface area (Å²) in [7, 11) is 0. The zero-order chi connectivity index (χ0) is 19.8. The molecule has 28 heavy (non-hydrogen) atoms. The molecule has 0 spiro atoms. The molecular weight excluding hydrogens is 392 g/mol. The second kappa shape index (κ2) is 7.56. The van der Waals surface area contributed by atoms with Crippen molar-refractivity contribution in [3.05, 3.63) is 62.3 Å². The fourth-order valence-electron chi connectivity index (χ4n) is 3.22. The number of benzene rings is 1. The van der Waals surface area contributed by atoms with E-state index in [2.05, 4.69) is 30.1 Å². The second-order valence-electron chi connectivity index (χ2n) is 7.04. The van der Waals surface area contributed by atoms with Gasteiger partial charge in [0.15, 0.2) is 0 Å². The van der Waals surface area contributed by atoms with E-state index in [1.807, 2.05) is 31.4 Å². The Bertz CT molecular complexity index is 1200. The molecule has 0 aliphatic carbocycles. The average molecular weight is 413 g/mol. The lowest BCUT2D eigenvalue weighted by Crippen LogP contribution is -2.02. The SMILES string of the molecule is Cc1cc2oc(=O)cc(CSc3nnc(-c4sccc4C)o3)c2cc1C(C)C. The summed E-state index contributed by atoms with van der Waals surface area (Å²) in [5.41, 5.74) is 4.67. The van der Waals surface area contributed by atoms with Gasteiger partial charge in [0, 0.05) is 17.2 Å². The van der Waals surface area contributed by atoms with Gasteiger partial charge in [0.1, 0.15) is 5.58 Å². The van der Waals surface area contributed by atoms with Crippen LogP contribution in [0, 0.1) is 13.8 Å². The number of nitrogens with zero attached hydrogens (tertiary/aromatic N) is 2. The molecule has 0 fully saturated rings. The van der Waals surface area contributed by atoms with Gasteiger partial charge in [-0.2, -0.15) is 0 Å². The fraction of sp³-hybridized carbons (Fsp3) is 0.286. The van der Waals surface area contributed by atoms with Crippen molar-refractivity contribution in [1.29, 1.82) is 0 Å². The van der Waals surface area contributed by atoms with Crippen LogP contribution in [0.15, 0.2) is 48.5 Å². The number of aryl methyl sites for hydroxylation is 2. The highest BCUT2D eigenvalue weighted by molar-refractivity contribution is 7.98. The van der Waals surface area contributed by atoms with E-state index in [1.54, 1.807) is 17.4 Å². The van der Waals surface area contributed by atoms with Crippen LogP contribution in [0.25, 0.3) is 21.7 Å². The molecule has 144 valence electrons. The highest BCUT2D eigenvalue weighted by Gasteiger charge is 2.15. The van der Waals surface area contributed by atoms with Crippen molar-refractivity contribution in [2.45, 2.75) is 44.6 Å². The van der Waals surface area contributed by atoms with Crippen molar-refractivity contribution in [2.24, 2.45) is 0 Å². The van der Waals surface area contributed by atoms with E-state index in [9.17, 15) is 4.79 Å². The van der Waals surface area contributed by atoms with Gasteiger partial charge in [0.25, 0.3) is 11.1 Å². The summed E-state index contributed by atoms with van der Waals surface area (Å²) in [4.78, 5) is 13.0. The minimum Gasteiger partial charge on any atom is -0.423 e. The van der Waals surface area contributed by atoms with Crippen molar-refractivity contribution in [2.75, 3.05) is 0 Å². The van der Waals surface area contributed by atoms with E-state index < -0.39 is 0 Å². The summed E-state index contributed by atoms with van der Waals surface area (Å²) < 4.78 is 11.2. The molecule has 4 rings (SSSR count). The highest BCUT2D eigenvalue weighted by atomic mass is 32.2. The molecular formula is C21H20N2O3S2. The van der Waals surface area contributed by atoms with Gasteiger partial charge in [-0.05, 0) is 65.6 Å². The van der Waals surface area contributed by atoms with Crippen LogP contribution in [0.2, 0.25) is 0 Å². The van der Waals surface area contributed by atoms with E-state index in [0.29, 0.717) is 28.4 Å². The Morgan fingerprint density at radius 2 is 1.93 bits per heavy atom. The third-order valence-electron chi connectivity index (χ3n) is 4.65. The maximum Gasteiger partial charge on any atom is 0.336 e. The lowest BCUT2D eigenvalue weighted by atomic mass is 9.95. The summed E-state index contributed by atoms with van der Waals surface area (Å²) in [6.07, 6.45) is 0. The Morgan fingerprint density at radius 1 is 1.11 bits per heavy atom. The van der Waals surface area contributed by atoms with Gasteiger partial charge in [0.05, 0.1) is 4.88 Å². The maximum atomic E-state index is 12.0. The zero-order valence-corrected chi connectivity index (χ0v) is 17.7. The molecule has 0 saturated carbocycles. The number of hydrogen-bond acceptors (Lipinski definition) is 7. The summed E-state index contributed by atoms with van der Waals surface area (Å²) in [5.74, 6) is 1.47. The zero-order valence-electron chi connectivity index (χ0n) is 16.1. The Labute approximate surface area is 170 Å². The standard InChI is InChI=1S/C21H20N2O3S2/c1-11(2)15-9-16-14(8-18(24)25-17(16)7-13(15)4)10-28-21-23-22-20(26-21)19-12(3)5-6-27-19/h5-9,11H,10H2,1-4H3. The minimum atomic E-state index is -0.347. The highest BCUT2D eigenvalue weighted by Crippen LogP contribution is 2.33.